The summed E-state index contributed by atoms with van der Waals surface area (Å²) in [6.45, 7) is 0.543. The molecule has 0 heterocycles. The maximum Gasteiger partial charge on any atom is 0.407 e. The molecule has 1 rings (SSSR count). The minimum absolute atomic E-state index is 0.00572. The smallest absolute Gasteiger partial charge is 0.407 e. The number of unbranched alkanes of at least 4 members (excludes halogenated alkanes) is 2. The molecule has 1 saturated carbocycles. The maximum atomic E-state index is 11.7. The van der Waals surface area contributed by atoms with Crippen LogP contribution in [0.5, 0.6) is 0 Å². The van der Waals surface area contributed by atoms with Crippen LogP contribution in [0.2, 0.25) is 0 Å². The van der Waals surface area contributed by atoms with E-state index in [2.05, 4.69) is 5.32 Å². The predicted molar refractivity (Wildman–Crippen MR) is 74.3 cm³/mol. The number of likely N-dealkylation sites (N-methyl/N-ethyl adjacent to an activating group) is 1. The van der Waals surface area contributed by atoms with Gasteiger partial charge in [0.05, 0.1) is 0 Å². The van der Waals surface area contributed by atoms with E-state index < -0.39 is 6.09 Å². The van der Waals surface area contributed by atoms with Gasteiger partial charge in [0.25, 0.3) is 0 Å². The van der Waals surface area contributed by atoms with E-state index in [0.29, 0.717) is 13.0 Å². The molecule has 0 aliphatic heterocycles. The first kappa shape index (κ1) is 16.5. The third-order valence-electron chi connectivity index (χ3n) is 3.45. The van der Waals surface area contributed by atoms with E-state index in [-0.39, 0.29) is 18.6 Å². The molecule has 1 aliphatic rings. The van der Waals surface area contributed by atoms with Gasteiger partial charge in [0.15, 0.2) is 0 Å². The highest BCUT2D eigenvalue weighted by Gasteiger charge is 2.19. The van der Waals surface area contributed by atoms with Gasteiger partial charge in [-0.3, -0.25) is 4.79 Å². The van der Waals surface area contributed by atoms with Crippen molar-refractivity contribution >= 4 is 18.3 Å². The Balaban J connectivity index is 2.10. The van der Waals surface area contributed by atoms with Gasteiger partial charge >= 0.3 is 6.09 Å². The van der Waals surface area contributed by atoms with Crippen LogP contribution >= 0.6 is 0 Å². The Hall–Kier alpha value is -1.59. The molecule has 0 aromatic rings. The molecule has 0 aromatic heterocycles. The van der Waals surface area contributed by atoms with Crippen molar-refractivity contribution in [3.05, 3.63) is 0 Å². The zero-order valence-electron chi connectivity index (χ0n) is 12.1. The van der Waals surface area contributed by atoms with E-state index in [1.807, 2.05) is 0 Å². The molecule has 114 valence electrons. The second-order valence-electron chi connectivity index (χ2n) is 5.14. The van der Waals surface area contributed by atoms with E-state index in [1.165, 1.54) is 0 Å². The number of nitrogens with zero attached hydrogens (tertiary/aromatic N) is 1. The highest BCUT2D eigenvalue weighted by atomic mass is 16.6. The van der Waals surface area contributed by atoms with Gasteiger partial charge in [0.2, 0.25) is 5.91 Å². The lowest BCUT2D eigenvalue weighted by molar-refractivity contribution is -0.128. The van der Waals surface area contributed by atoms with Gasteiger partial charge < -0.3 is 19.7 Å². The summed E-state index contributed by atoms with van der Waals surface area (Å²) in [4.78, 5) is 34.9. The molecular formula is C14H24N2O4. The van der Waals surface area contributed by atoms with E-state index >= 15 is 0 Å². The Morgan fingerprint density at radius 2 is 2.00 bits per heavy atom. The number of rotatable bonds is 8. The van der Waals surface area contributed by atoms with Gasteiger partial charge in [0, 0.05) is 20.0 Å². The molecule has 0 bridgehead atoms. The minimum atomic E-state index is -0.514. The molecule has 1 fully saturated rings. The van der Waals surface area contributed by atoms with Gasteiger partial charge in [-0.2, -0.15) is 0 Å². The minimum Gasteiger partial charge on any atom is -0.446 e. The van der Waals surface area contributed by atoms with E-state index in [9.17, 15) is 14.4 Å². The Morgan fingerprint density at radius 1 is 1.30 bits per heavy atom. The van der Waals surface area contributed by atoms with Gasteiger partial charge in [-0.15, -0.1) is 0 Å². The third-order valence-corrected chi connectivity index (χ3v) is 3.45. The molecule has 0 spiro atoms. The third kappa shape index (κ3) is 6.54. The average Bonchev–Trinajstić information content (AvgIpc) is 2.93. The summed E-state index contributed by atoms with van der Waals surface area (Å²) < 4.78 is 5.19. The highest BCUT2D eigenvalue weighted by molar-refractivity contribution is 5.82. The van der Waals surface area contributed by atoms with Crippen molar-refractivity contribution in [1.29, 1.82) is 0 Å². The molecule has 0 radical (unpaired) electrons. The molecule has 1 N–H and O–H groups in total. The lowest BCUT2D eigenvalue weighted by Crippen LogP contribution is -2.39. The predicted octanol–water partition coefficient (Wildman–Crippen LogP) is 1.48. The van der Waals surface area contributed by atoms with Crippen molar-refractivity contribution in [2.24, 2.45) is 0 Å². The molecule has 6 nitrogen and oxygen atoms in total. The van der Waals surface area contributed by atoms with Crippen molar-refractivity contribution < 1.29 is 19.1 Å². The standard InChI is InChI=1S/C14H24N2O4/c1-16(9-5-2-6-10-17)13(18)11-15-14(19)20-12-7-3-4-8-12/h10,12H,2-9,11H2,1H3,(H,15,19). The van der Waals surface area contributed by atoms with E-state index in [1.54, 1.807) is 11.9 Å². The molecule has 0 saturated heterocycles. The molecule has 20 heavy (non-hydrogen) atoms. The lowest BCUT2D eigenvalue weighted by atomic mass is 10.2. The molecule has 6 heteroatoms. The van der Waals surface area contributed by atoms with E-state index in [4.69, 9.17) is 4.74 Å². The number of hydrogen-bond donors (Lipinski definition) is 1. The Bertz CT molecular complexity index is 327. The maximum absolute atomic E-state index is 11.7. The fourth-order valence-corrected chi connectivity index (χ4v) is 2.18. The van der Waals surface area contributed by atoms with Crippen molar-refractivity contribution in [1.82, 2.24) is 10.2 Å². The molecule has 0 aromatic carbocycles. The van der Waals surface area contributed by atoms with Crippen LogP contribution in [-0.2, 0) is 14.3 Å². The molecule has 0 unspecified atom stereocenters. The summed E-state index contributed by atoms with van der Waals surface area (Å²) in [6, 6.07) is 0. The second-order valence-corrected chi connectivity index (χ2v) is 5.14. The van der Waals surface area contributed by atoms with Crippen LogP contribution in [0.25, 0.3) is 0 Å². The first-order valence-electron chi connectivity index (χ1n) is 7.25. The SMILES string of the molecule is CN(CCCCC=O)C(=O)CNC(=O)OC1CCCC1. The van der Waals surface area contributed by atoms with Crippen LogP contribution in [-0.4, -0.2) is 49.4 Å². The van der Waals surface area contributed by atoms with Crippen molar-refractivity contribution in [3.63, 3.8) is 0 Å². The zero-order chi connectivity index (χ0) is 14.8. The molecule has 2 amide bonds. The van der Waals surface area contributed by atoms with Crippen LogP contribution in [0.1, 0.15) is 44.9 Å². The van der Waals surface area contributed by atoms with Gasteiger partial charge in [-0.25, -0.2) is 4.79 Å². The summed E-state index contributed by atoms with van der Waals surface area (Å²) in [5.41, 5.74) is 0. The summed E-state index contributed by atoms with van der Waals surface area (Å²) in [6.07, 6.45) is 6.48. The van der Waals surface area contributed by atoms with Crippen molar-refractivity contribution in [2.75, 3.05) is 20.1 Å². The molecular weight excluding hydrogens is 260 g/mol. The number of amides is 2. The Morgan fingerprint density at radius 3 is 2.65 bits per heavy atom. The first-order chi connectivity index (χ1) is 9.63. The number of aldehydes is 1. The van der Waals surface area contributed by atoms with Crippen LogP contribution in [0.15, 0.2) is 0 Å². The fourth-order valence-electron chi connectivity index (χ4n) is 2.18. The topological polar surface area (TPSA) is 75.7 Å². The normalized spacial score (nSPS) is 14.8. The Labute approximate surface area is 119 Å². The quantitative estimate of drug-likeness (QED) is 0.541. The monoisotopic (exact) mass is 284 g/mol. The van der Waals surface area contributed by atoms with Gasteiger partial charge in [-0.05, 0) is 38.5 Å². The number of nitrogens with one attached hydrogen (secondary N) is 1. The fraction of sp³-hybridized carbons (Fsp3) is 0.786. The number of hydrogen-bond acceptors (Lipinski definition) is 4. The average molecular weight is 284 g/mol. The first-order valence-corrected chi connectivity index (χ1v) is 7.25. The summed E-state index contributed by atoms with van der Waals surface area (Å²) in [7, 11) is 1.69. The summed E-state index contributed by atoms with van der Waals surface area (Å²) in [5.74, 6) is -0.153. The second kappa shape index (κ2) is 9.34. The van der Waals surface area contributed by atoms with Gasteiger partial charge in [0.1, 0.15) is 18.9 Å². The van der Waals surface area contributed by atoms with Crippen LogP contribution in [0, 0.1) is 0 Å². The molecule has 0 atom stereocenters. The van der Waals surface area contributed by atoms with Crippen molar-refractivity contribution in [3.8, 4) is 0 Å². The largest absolute Gasteiger partial charge is 0.446 e. The summed E-state index contributed by atoms with van der Waals surface area (Å²) in [5, 5.41) is 2.48. The van der Waals surface area contributed by atoms with Crippen molar-refractivity contribution in [2.45, 2.75) is 51.0 Å². The highest BCUT2D eigenvalue weighted by Crippen LogP contribution is 2.20. The number of ether oxygens (including phenoxy) is 1. The number of alkyl carbamates (subject to hydrolysis) is 1. The lowest BCUT2D eigenvalue weighted by Gasteiger charge is -2.17. The van der Waals surface area contributed by atoms with Crippen LogP contribution < -0.4 is 5.32 Å². The zero-order valence-corrected chi connectivity index (χ0v) is 12.1. The van der Waals surface area contributed by atoms with Crippen LogP contribution in [0.3, 0.4) is 0 Å². The van der Waals surface area contributed by atoms with Crippen LogP contribution in [0.4, 0.5) is 4.79 Å². The number of carbonyl (C=O) groups is 3. The van der Waals surface area contributed by atoms with Gasteiger partial charge in [-0.1, -0.05) is 0 Å². The summed E-state index contributed by atoms with van der Waals surface area (Å²) >= 11 is 0. The van der Waals surface area contributed by atoms with E-state index in [0.717, 1.165) is 44.8 Å². The Kier molecular flexibility index (Phi) is 7.69. The number of carbonyl (C=O) groups excluding carboxylic acids is 3. The molecule has 1 aliphatic carbocycles.